The fourth-order valence-electron chi connectivity index (χ4n) is 3.29. The number of nitrogens with zero attached hydrogens (tertiary/aromatic N) is 2. The summed E-state index contributed by atoms with van der Waals surface area (Å²) in [5, 5.41) is 10.7. The number of rotatable bonds is 6. The van der Waals surface area contributed by atoms with Crippen LogP contribution in [-0.4, -0.2) is 23.4 Å². The van der Waals surface area contributed by atoms with Gasteiger partial charge in [0.15, 0.2) is 17.1 Å². The number of phenolic OH excluding ortho intramolecular Hbond substituents is 1. The third-order valence-corrected chi connectivity index (χ3v) is 5.57. The smallest absolute Gasteiger partial charge is 0.227 e. The molecule has 0 bridgehead atoms. The second-order valence-electron chi connectivity index (χ2n) is 7.41. The van der Waals surface area contributed by atoms with Crippen LogP contribution in [0.1, 0.15) is 37.3 Å². The first-order valence-electron chi connectivity index (χ1n) is 10.1. The van der Waals surface area contributed by atoms with Gasteiger partial charge >= 0.3 is 0 Å². The Balaban J connectivity index is 1.57. The van der Waals surface area contributed by atoms with Crippen LogP contribution in [0.15, 0.2) is 64.0 Å². The van der Waals surface area contributed by atoms with E-state index in [1.807, 2.05) is 30.3 Å². The van der Waals surface area contributed by atoms with E-state index in [-0.39, 0.29) is 5.75 Å². The van der Waals surface area contributed by atoms with Crippen molar-refractivity contribution < 1.29 is 14.3 Å². The van der Waals surface area contributed by atoms with E-state index >= 15 is 0 Å². The topological polar surface area (TPSA) is 67.9 Å². The van der Waals surface area contributed by atoms with Gasteiger partial charge in [-0.25, -0.2) is 4.98 Å². The van der Waals surface area contributed by atoms with Crippen molar-refractivity contribution in [2.24, 2.45) is 4.99 Å². The molecule has 0 unspecified atom stereocenters. The van der Waals surface area contributed by atoms with Gasteiger partial charge in [0, 0.05) is 28.4 Å². The number of oxazole rings is 1. The van der Waals surface area contributed by atoms with Crippen LogP contribution in [-0.2, 0) is 0 Å². The van der Waals surface area contributed by atoms with E-state index in [1.54, 1.807) is 18.3 Å². The molecule has 1 aromatic heterocycles. The SMILES string of the molecule is CC[C@H](C)c1ccc2oc(-c3ccc(N=Cc4cc(Cl)cc(OC)c4O)cc3)nc2c1. The van der Waals surface area contributed by atoms with Gasteiger partial charge in [0.1, 0.15) is 5.52 Å². The number of benzene rings is 3. The Morgan fingerprint density at radius 1 is 1.16 bits per heavy atom. The lowest BCUT2D eigenvalue weighted by Gasteiger charge is -2.07. The predicted octanol–water partition coefficient (Wildman–Crippen LogP) is 7.13. The van der Waals surface area contributed by atoms with Crippen LogP contribution in [0.25, 0.3) is 22.6 Å². The van der Waals surface area contributed by atoms with E-state index in [2.05, 4.69) is 36.0 Å². The Hall–Kier alpha value is -3.31. The third-order valence-electron chi connectivity index (χ3n) is 5.35. The Morgan fingerprint density at radius 2 is 1.94 bits per heavy atom. The molecule has 0 aliphatic rings. The van der Waals surface area contributed by atoms with Crippen molar-refractivity contribution in [3.8, 4) is 23.0 Å². The van der Waals surface area contributed by atoms with Crippen molar-refractivity contribution in [1.29, 1.82) is 0 Å². The number of ether oxygens (including phenoxy) is 1. The van der Waals surface area contributed by atoms with Gasteiger partial charge in [0.2, 0.25) is 5.89 Å². The van der Waals surface area contributed by atoms with Crippen LogP contribution in [0.5, 0.6) is 11.5 Å². The number of fused-ring (bicyclic) bond motifs is 1. The normalized spacial score (nSPS) is 12.5. The summed E-state index contributed by atoms with van der Waals surface area (Å²) in [7, 11) is 1.47. The molecular formula is C25H23ClN2O3. The average Bonchev–Trinajstić information content (AvgIpc) is 3.22. The van der Waals surface area contributed by atoms with Crippen LogP contribution in [0.4, 0.5) is 5.69 Å². The molecule has 1 N–H and O–H groups in total. The van der Waals surface area contributed by atoms with Gasteiger partial charge in [-0.1, -0.05) is 31.5 Å². The molecule has 5 nitrogen and oxygen atoms in total. The minimum Gasteiger partial charge on any atom is -0.504 e. The van der Waals surface area contributed by atoms with Gasteiger partial charge in [-0.05, 0) is 60.4 Å². The van der Waals surface area contributed by atoms with Gasteiger partial charge < -0.3 is 14.3 Å². The highest BCUT2D eigenvalue weighted by Crippen LogP contribution is 2.33. The molecule has 1 atom stereocenters. The molecular weight excluding hydrogens is 412 g/mol. The molecule has 6 heteroatoms. The molecule has 0 aliphatic heterocycles. The van der Waals surface area contributed by atoms with E-state index < -0.39 is 0 Å². The maximum Gasteiger partial charge on any atom is 0.227 e. The van der Waals surface area contributed by atoms with Crippen LogP contribution in [0.3, 0.4) is 0 Å². The summed E-state index contributed by atoms with van der Waals surface area (Å²) >= 11 is 6.07. The summed E-state index contributed by atoms with van der Waals surface area (Å²) in [6.45, 7) is 4.39. The van der Waals surface area contributed by atoms with Gasteiger partial charge in [0.25, 0.3) is 0 Å². The van der Waals surface area contributed by atoms with E-state index in [0.717, 1.165) is 28.8 Å². The van der Waals surface area contributed by atoms with Crippen molar-refractivity contribution in [2.45, 2.75) is 26.2 Å². The third kappa shape index (κ3) is 4.42. The number of hydrogen-bond donors (Lipinski definition) is 1. The lowest BCUT2D eigenvalue weighted by Crippen LogP contribution is -1.90. The van der Waals surface area contributed by atoms with Crippen molar-refractivity contribution in [3.63, 3.8) is 0 Å². The van der Waals surface area contributed by atoms with Gasteiger partial charge in [-0.15, -0.1) is 0 Å². The molecule has 1 heterocycles. The van der Waals surface area contributed by atoms with Gasteiger partial charge in [0.05, 0.1) is 12.8 Å². The second-order valence-corrected chi connectivity index (χ2v) is 7.84. The Bertz CT molecular complexity index is 1250. The maximum absolute atomic E-state index is 10.2. The number of methoxy groups -OCH3 is 1. The second kappa shape index (κ2) is 8.82. The first-order valence-corrected chi connectivity index (χ1v) is 10.5. The number of halogens is 1. The van der Waals surface area contributed by atoms with Crippen molar-refractivity contribution >= 4 is 34.6 Å². The molecule has 4 aromatic rings. The average molecular weight is 435 g/mol. The van der Waals surface area contributed by atoms with Gasteiger partial charge in [-0.3, -0.25) is 4.99 Å². The Labute approximate surface area is 186 Å². The quantitative estimate of drug-likeness (QED) is 0.328. The maximum atomic E-state index is 10.2. The first-order chi connectivity index (χ1) is 15.0. The molecule has 3 aromatic carbocycles. The Morgan fingerprint density at radius 3 is 2.65 bits per heavy atom. The Kier molecular flexibility index (Phi) is 5.96. The highest BCUT2D eigenvalue weighted by molar-refractivity contribution is 6.31. The predicted molar refractivity (Wildman–Crippen MR) is 125 cm³/mol. The fourth-order valence-corrected chi connectivity index (χ4v) is 3.51. The highest BCUT2D eigenvalue weighted by atomic mass is 35.5. The van der Waals surface area contributed by atoms with Crippen LogP contribution < -0.4 is 4.74 Å². The summed E-state index contributed by atoms with van der Waals surface area (Å²) in [6.07, 6.45) is 2.63. The number of aliphatic imine (C=N–C) groups is 1. The summed E-state index contributed by atoms with van der Waals surface area (Å²) in [6, 6.07) is 16.9. The van der Waals surface area contributed by atoms with Crippen LogP contribution >= 0.6 is 11.6 Å². The fraction of sp³-hybridized carbons (Fsp3) is 0.200. The monoisotopic (exact) mass is 434 g/mol. The lowest BCUT2D eigenvalue weighted by atomic mass is 9.98. The zero-order chi connectivity index (χ0) is 22.0. The van der Waals surface area contributed by atoms with Crippen LogP contribution in [0.2, 0.25) is 5.02 Å². The number of phenols is 1. The van der Waals surface area contributed by atoms with Gasteiger partial charge in [-0.2, -0.15) is 0 Å². The molecule has 0 fully saturated rings. The first kappa shape index (κ1) is 20.9. The molecule has 31 heavy (non-hydrogen) atoms. The molecule has 0 saturated carbocycles. The summed E-state index contributed by atoms with van der Waals surface area (Å²) in [5.41, 5.74) is 4.96. The summed E-state index contributed by atoms with van der Waals surface area (Å²) < 4.78 is 11.1. The van der Waals surface area contributed by atoms with Crippen LogP contribution in [0, 0.1) is 0 Å². The summed E-state index contributed by atoms with van der Waals surface area (Å²) in [4.78, 5) is 9.08. The number of aromatic nitrogens is 1. The van der Waals surface area contributed by atoms with Crippen molar-refractivity contribution in [1.82, 2.24) is 4.98 Å². The largest absolute Gasteiger partial charge is 0.504 e. The van der Waals surface area contributed by atoms with Crippen molar-refractivity contribution in [3.05, 3.63) is 70.7 Å². The molecule has 0 spiro atoms. The van der Waals surface area contributed by atoms with E-state index in [9.17, 15) is 5.11 Å². The highest BCUT2D eigenvalue weighted by Gasteiger charge is 2.11. The number of hydrogen-bond acceptors (Lipinski definition) is 5. The molecule has 0 aliphatic carbocycles. The minimum atomic E-state index is -0.00416. The zero-order valence-corrected chi connectivity index (χ0v) is 18.3. The van der Waals surface area contributed by atoms with E-state index in [1.165, 1.54) is 12.7 Å². The molecule has 0 saturated heterocycles. The van der Waals surface area contributed by atoms with Crippen molar-refractivity contribution in [2.75, 3.05) is 7.11 Å². The molecule has 0 amide bonds. The molecule has 158 valence electrons. The lowest BCUT2D eigenvalue weighted by molar-refractivity contribution is 0.373. The summed E-state index contributed by atoms with van der Waals surface area (Å²) in [5.74, 6) is 1.36. The molecule has 0 radical (unpaired) electrons. The zero-order valence-electron chi connectivity index (χ0n) is 17.6. The van der Waals surface area contributed by atoms with E-state index in [4.69, 9.17) is 20.8 Å². The van der Waals surface area contributed by atoms with E-state index in [0.29, 0.717) is 28.1 Å². The minimum absolute atomic E-state index is 0.00416. The molecule has 4 rings (SSSR count). The number of aromatic hydroxyl groups is 1. The standard InChI is InChI=1S/C25H23ClN2O3/c1-4-15(2)17-7-10-22-21(12-17)28-25(31-22)16-5-8-20(9-6-16)27-14-18-11-19(26)13-23(30-3)24(18)29/h5-15,29H,4H2,1-3H3/t15-/m0/s1.